The minimum absolute atomic E-state index is 0. The molecule has 3 aromatic heterocycles. The van der Waals surface area contributed by atoms with Gasteiger partial charge in [-0.3, -0.25) is 14.5 Å². The summed E-state index contributed by atoms with van der Waals surface area (Å²) in [4.78, 5) is 30.2. The molecule has 1 aliphatic heterocycles. The molecule has 0 bridgehead atoms. The van der Waals surface area contributed by atoms with E-state index < -0.39 is 15.4 Å². The second kappa shape index (κ2) is 12.2. The van der Waals surface area contributed by atoms with E-state index >= 15 is 0 Å². The van der Waals surface area contributed by atoms with E-state index in [1.165, 1.54) is 25.4 Å². The molecule has 1 saturated carbocycles. The molecular formula is C31H35ClN6O5S. The number of ether oxygens (including phenoxy) is 2. The minimum Gasteiger partial charge on any atom is -0.481 e. The molecule has 1 N–H and O–H groups in total. The Morgan fingerprint density at radius 2 is 1.82 bits per heavy atom. The van der Waals surface area contributed by atoms with Gasteiger partial charge in [0, 0.05) is 42.4 Å². The van der Waals surface area contributed by atoms with E-state index in [-0.39, 0.29) is 34.8 Å². The van der Waals surface area contributed by atoms with Gasteiger partial charge >= 0.3 is 0 Å². The number of hydrogen-bond donors (Lipinski definition) is 1. The van der Waals surface area contributed by atoms with Gasteiger partial charge in [-0.2, -0.15) is 0 Å². The Labute approximate surface area is 263 Å². The Kier molecular flexibility index (Phi) is 8.70. The van der Waals surface area contributed by atoms with Crippen LogP contribution in [0.5, 0.6) is 11.8 Å². The van der Waals surface area contributed by atoms with Crippen LogP contribution in [0, 0.1) is 0 Å². The normalized spacial score (nSPS) is 15.2. The molecule has 1 amide bonds. The molecule has 1 aliphatic carbocycles. The summed E-state index contributed by atoms with van der Waals surface area (Å²) in [6.07, 6.45) is 8.08. The number of likely N-dealkylation sites (N-methyl/N-ethyl adjacent to an activating group) is 1. The third-order valence-electron chi connectivity index (χ3n) is 8.25. The van der Waals surface area contributed by atoms with E-state index in [4.69, 9.17) is 9.47 Å². The highest BCUT2D eigenvalue weighted by Gasteiger charge is 2.54. The molecule has 0 radical (unpaired) electrons. The number of nitrogens with one attached hydrogen (secondary N) is 1. The van der Waals surface area contributed by atoms with Crippen LogP contribution in [-0.2, 0) is 20.2 Å². The fourth-order valence-electron chi connectivity index (χ4n) is 5.85. The molecule has 0 saturated heterocycles. The first-order valence-corrected chi connectivity index (χ1v) is 15.6. The molecule has 0 unspecified atom stereocenters. The van der Waals surface area contributed by atoms with Crippen molar-refractivity contribution in [3.8, 4) is 22.9 Å². The van der Waals surface area contributed by atoms with Gasteiger partial charge in [0.25, 0.3) is 10.0 Å². The Balaban J connectivity index is 0.00000384. The van der Waals surface area contributed by atoms with Crippen LogP contribution < -0.4 is 19.1 Å². The first kappa shape index (κ1) is 31.4. The van der Waals surface area contributed by atoms with Gasteiger partial charge in [-0.1, -0.05) is 12.5 Å². The number of carbonyl (C=O) groups excluding carboxylic acids is 1. The summed E-state index contributed by atoms with van der Waals surface area (Å²) in [5.41, 5.74) is 3.89. The summed E-state index contributed by atoms with van der Waals surface area (Å²) in [5.74, 6) is 0.605. The highest BCUT2D eigenvalue weighted by molar-refractivity contribution is 7.92. The molecule has 232 valence electrons. The highest BCUT2D eigenvalue weighted by atomic mass is 35.5. The van der Waals surface area contributed by atoms with Crippen LogP contribution >= 0.6 is 12.4 Å². The van der Waals surface area contributed by atoms with Crippen LogP contribution in [0.4, 0.5) is 11.4 Å². The molecule has 11 nitrogen and oxygen atoms in total. The number of sulfonamides is 1. The molecular weight excluding hydrogens is 604 g/mol. The van der Waals surface area contributed by atoms with Gasteiger partial charge in [-0.15, -0.1) is 12.4 Å². The molecule has 2 aliphatic rings. The zero-order valence-electron chi connectivity index (χ0n) is 25.0. The lowest BCUT2D eigenvalue weighted by Gasteiger charge is -2.37. The number of amides is 1. The molecule has 13 heteroatoms. The molecule has 1 fully saturated rings. The highest BCUT2D eigenvalue weighted by Crippen LogP contribution is 2.55. The Bertz CT molecular complexity index is 1810. The monoisotopic (exact) mass is 638 g/mol. The van der Waals surface area contributed by atoms with Crippen molar-refractivity contribution in [1.29, 1.82) is 0 Å². The van der Waals surface area contributed by atoms with E-state index in [2.05, 4.69) is 19.7 Å². The summed E-state index contributed by atoms with van der Waals surface area (Å²) >= 11 is 0. The second-order valence-electron chi connectivity index (χ2n) is 11.3. The van der Waals surface area contributed by atoms with Crippen LogP contribution in [0.1, 0.15) is 31.2 Å². The van der Waals surface area contributed by atoms with E-state index in [0.717, 1.165) is 59.9 Å². The summed E-state index contributed by atoms with van der Waals surface area (Å²) in [7, 11) is 3.21. The second-order valence-corrected chi connectivity index (χ2v) is 13.0. The van der Waals surface area contributed by atoms with E-state index in [0.29, 0.717) is 18.1 Å². The van der Waals surface area contributed by atoms with Crippen molar-refractivity contribution < 1.29 is 22.7 Å². The first-order chi connectivity index (χ1) is 20.6. The lowest BCUT2D eigenvalue weighted by molar-refractivity contribution is -0.125. The molecule has 1 spiro atoms. The number of methoxy groups -OCH3 is 1. The predicted octanol–water partition coefficient (Wildman–Crippen LogP) is 4.65. The fourth-order valence-corrected chi connectivity index (χ4v) is 6.84. The summed E-state index contributed by atoms with van der Waals surface area (Å²) in [6, 6.07) is 10.5. The standard InChI is InChI=1S/C31H34N6O5S.ClH/c1-36(2)13-6-14-42-29-25(35-43(39,40)22-8-10-27(41-4)33-18-22)16-21(17-34-29)20-7-9-24-23(15-20)28-26(19-32-24)37(3)30(38)31(28)11-5-12-31;/h7-10,15-19,35H,5-6,11-14H2,1-4H3;1H. The summed E-state index contributed by atoms with van der Waals surface area (Å²) in [5, 5.41) is 0.919. The van der Waals surface area contributed by atoms with Crippen LogP contribution in [0.2, 0.25) is 0 Å². The maximum Gasteiger partial charge on any atom is 0.263 e. The van der Waals surface area contributed by atoms with Crippen molar-refractivity contribution in [3.05, 3.63) is 60.6 Å². The van der Waals surface area contributed by atoms with Gasteiger partial charge in [0.1, 0.15) is 10.6 Å². The smallest absolute Gasteiger partial charge is 0.263 e. The van der Waals surface area contributed by atoms with Gasteiger partial charge in [0.2, 0.25) is 17.7 Å². The maximum atomic E-state index is 13.4. The van der Waals surface area contributed by atoms with E-state index in [9.17, 15) is 13.2 Å². The molecule has 44 heavy (non-hydrogen) atoms. The number of anilines is 2. The average Bonchev–Trinajstić information content (AvgIpc) is 3.22. The topological polar surface area (TPSA) is 127 Å². The number of nitrogens with zero attached hydrogens (tertiary/aromatic N) is 5. The van der Waals surface area contributed by atoms with Gasteiger partial charge in [-0.05, 0) is 63.2 Å². The third kappa shape index (κ3) is 5.53. The number of aromatic nitrogens is 3. The average molecular weight is 639 g/mol. The van der Waals surface area contributed by atoms with Crippen molar-refractivity contribution >= 4 is 50.6 Å². The first-order valence-electron chi connectivity index (χ1n) is 14.2. The Morgan fingerprint density at radius 3 is 2.48 bits per heavy atom. The molecule has 4 heterocycles. The number of hydrogen-bond acceptors (Lipinski definition) is 9. The lowest BCUT2D eigenvalue weighted by Crippen LogP contribution is -2.43. The van der Waals surface area contributed by atoms with Crippen LogP contribution in [0.15, 0.2) is 59.9 Å². The SMILES string of the molecule is COc1ccc(S(=O)(=O)Nc2cc(-c3ccc4ncc5c(c4c3)C3(CCC3)C(=O)N5C)cnc2OCCCN(C)C)cn1.Cl. The molecule has 6 rings (SSSR count). The predicted molar refractivity (Wildman–Crippen MR) is 171 cm³/mol. The summed E-state index contributed by atoms with van der Waals surface area (Å²) < 4.78 is 40.4. The molecule has 1 aromatic carbocycles. The third-order valence-corrected chi connectivity index (χ3v) is 9.61. The van der Waals surface area contributed by atoms with Gasteiger partial charge < -0.3 is 19.3 Å². The number of rotatable bonds is 10. The maximum absolute atomic E-state index is 13.4. The van der Waals surface area contributed by atoms with E-state index in [1.54, 1.807) is 23.4 Å². The molecule has 4 aromatic rings. The van der Waals surface area contributed by atoms with Gasteiger partial charge in [-0.25, -0.2) is 18.4 Å². The van der Waals surface area contributed by atoms with Crippen molar-refractivity contribution in [3.63, 3.8) is 0 Å². The number of carbonyl (C=O) groups is 1. The zero-order chi connectivity index (χ0) is 30.4. The fraction of sp³-hybridized carbons (Fsp3) is 0.355. The zero-order valence-corrected chi connectivity index (χ0v) is 26.7. The van der Waals surface area contributed by atoms with Gasteiger partial charge in [0.05, 0.1) is 42.7 Å². The summed E-state index contributed by atoms with van der Waals surface area (Å²) in [6.45, 7) is 1.17. The minimum atomic E-state index is -4.02. The largest absolute Gasteiger partial charge is 0.481 e. The van der Waals surface area contributed by atoms with Crippen LogP contribution in [0.3, 0.4) is 0 Å². The van der Waals surface area contributed by atoms with Crippen molar-refractivity contribution in [2.45, 2.75) is 36.0 Å². The van der Waals surface area contributed by atoms with Crippen molar-refractivity contribution in [2.75, 3.05) is 51.0 Å². The lowest BCUT2D eigenvalue weighted by atomic mass is 9.64. The Morgan fingerprint density at radius 1 is 1.02 bits per heavy atom. The van der Waals surface area contributed by atoms with Crippen LogP contribution in [-0.4, -0.2) is 75.6 Å². The van der Waals surface area contributed by atoms with E-state index in [1.807, 2.05) is 44.2 Å². The number of fused-ring (bicyclic) bond motifs is 4. The van der Waals surface area contributed by atoms with Crippen molar-refractivity contribution in [2.24, 2.45) is 0 Å². The quantitative estimate of drug-likeness (QED) is 0.247. The number of halogens is 1. The van der Waals surface area contributed by atoms with Crippen LogP contribution in [0.25, 0.3) is 22.0 Å². The molecule has 0 atom stereocenters. The van der Waals surface area contributed by atoms with Gasteiger partial charge in [0.15, 0.2) is 0 Å². The number of benzene rings is 1. The number of pyridine rings is 3. The van der Waals surface area contributed by atoms with Crippen molar-refractivity contribution in [1.82, 2.24) is 19.9 Å². The Hall–Kier alpha value is -4.00.